The molecule has 0 radical (unpaired) electrons. The molecule has 2 aromatic carbocycles. The van der Waals surface area contributed by atoms with Gasteiger partial charge in [-0.25, -0.2) is 0 Å². The topological polar surface area (TPSA) is 79.6 Å². The molecule has 1 aromatic heterocycles. The highest BCUT2D eigenvalue weighted by Gasteiger charge is 2.11. The molecule has 20 heavy (non-hydrogen) atoms. The number of benzene rings is 2. The lowest BCUT2D eigenvalue weighted by Crippen LogP contribution is -2.02. The predicted molar refractivity (Wildman–Crippen MR) is 77.7 cm³/mol. The van der Waals surface area contributed by atoms with Crippen LogP contribution in [0.5, 0.6) is 11.5 Å². The number of rotatable bonds is 3. The zero-order valence-electron chi connectivity index (χ0n) is 10.8. The van der Waals surface area contributed by atoms with Gasteiger partial charge in [-0.15, -0.1) is 0 Å². The molecule has 0 saturated carbocycles. The minimum Gasteiger partial charge on any atom is -0.508 e. The van der Waals surface area contributed by atoms with E-state index in [0.717, 1.165) is 22.1 Å². The molecule has 0 amide bonds. The largest absolute Gasteiger partial charge is 0.508 e. The second-order valence-electron chi connectivity index (χ2n) is 4.72. The second-order valence-corrected chi connectivity index (χ2v) is 4.72. The second kappa shape index (κ2) is 4.90. The van der Waals surface area contributed by atoms with Crippen LogP contribution in [0, 0.1) is 0 Å². The third-order valence-electron chi connectivity index (χ3n) is 3.24. The van der Waals surface area contributed by atoms with Crippen molar-refractivity contribution >= 4 is 11.0 Å². The van der Waals surface area contributed by atoms with Crippen molar-refractivity contribution in [1.29, 1.82) is 0 Å². The Balaban J connectivity index is 2.14. The fourth-order valence-corrected chi connectivity index (χ4v) is 2.32. The Morgan fingerprint density at radius 3 is 2.40 bits per heavy atom. The SMILES string of the molecule is NCCc1cc(O)cc2cc(-c3ccc(O)cc3)oc12. The summed E-state index contributed by atoms with van der Waals surface area (Å²) in [5.74, 6) is 1.12. The van der Waals surface area contributed by atoms with Crippen LogP contribution in [0.1, 0.15) is 5.56 Å². The van der Waals surface area contributed by atoms with Crippen molar-refractivity contribution in [2.24, 2.45) is 5.73 Å². The molecule has 0 saturated heterocycles. The summed E-state index contributed by atoms with van der Waals surface area (Å²) in [6.07, 6.45) is 0.646. The fourth-order valence-electron chi connectivity index (χ4n) is 2.32. The van der Waals surface area contributed by atoms with Gasteiger partial charge in [0, 0.05) is 16.5 Å². The number of furan rings is 1. The zero-order valence-corrected chi connectivity index (χ0v) is 10.8. The quantitative estimate of drug-likeness (QED) is 0.683. The number of aromatic hydroxyl groups is 2. The van der Waals surface area contributed by atoms with Gasteiger partial charge in [0.25, 0.3) is 0 Å². The molecule has 0 fully saturated rings. The maximum Gasteiger partial charge on any atom is 0.138 e. The minimum atomic E-state index is 0.207. The first kappa shape index (κ1) is 12.6. The summed E-state index contributed by atoms with van der Waals surface area (Å²) in [7, 11) is 0. The van der Waals surface area contributed by atoms with Crippen molar-refractivity contribution < 1.29 is 14.6 Å². The number of fused-ring (bicyclic) bond motifs is 1. The van der Waals surface area contributed by atoms with Gasteiger partial charge in [0.15, 0.2) is 0 Å². The minimum absolute atomic E-state index is 0.207. The summed E-state index contributed by atoms with van der Waals surface area (Å²) >= 11 is 0. The van der Waals surface area contributed by atoms with Crippen molar-refractivity contribution in [3.63, 3.8) is 0 Å². The predicted octanol–water partition coefficient (Wildman–Crippen LogP) is 3.01. The molecule has 4 N–H and O–H groups in total. The molecule has 0 spiro atoms. The van der Waals surface area contributed by atoms with E-state index in [-0.39, 0.29) is 11.5 Å². The van der Waals surface area contributed by atoms with Crippen molar-refractivity contribution in [3.8, 4) is 22.8 Å². The van der Waals surface area contributed by atoms with Crippen LogP contribution in [0.4, 0.5) is 0 Å². The Morgan fingerprint density at radius 1 is 0.950 bits per heavy atom. The number of phenolic OH excluding ortho intramolecular Hbond substituents is 2. The van der Waals surface area contributed by atoms with E-state index in [1.54, 1.807) is 36.4 Å². The molecule has 3 aromatic rings. The number of nitrogens with two attached hydrogens (primary N) is 1. The van der Waals surface area contributed by atoms with Crippen LogP contribution in [-0.2, 0) is 6.42 Å². The molecule has 0 bridgehead atoms. The monoisotopic (exact) mass is 269 g/mol. The van der Waals surface area contributed by atoms with Crippen LogP contribution in [0.15, 0.2) is 46.9 Å². The Morgan fingerprint density at radius 2 is 1.70 bits per heavy atom. The molecular weight excluding hydrogens is 254 g/mol. The van der Waals surface area contributed by atoms with Gasteiger partial charge in [0.1, 0.15) is 22.8 Å². The van der Waals surface area contributed by atoms with E-state index in [1.165, 1.54) is 0 Å². The maximum atomic E-state index is 9.74. The maximum absolute atomic E-state index is 9.74. The van der Waals surface area contributed by atoms with Gasteiger partial charge in [-0.2, -0.15) is 0 Å². The number of phenols is 2. The molecule has 3 rings (SSSR count). The van der Waals surface area contributed by atoms with Gasteiger partial charge < -0.3 is 20.4 Å². The first-order valence-corrected chi connectivity index (χ1v) is 6.42. The molecule has 0 aliphatic carbocycles. The summed E-state index contributed by atoms with van der Waals surface area (Å²) in [6, 6.07) is 12.0. The fraction of sp³-hybridized carbons (Fsp3) is 0.125. The molecule has 102 valence electrons. The Kier molecular flexibility index (Phi) is 3.08. The van der Waals surface area contributed by atoms with Gasteiger partial charge in [0.2, 0.25) is 0 Å². The van der Waals surface area contributed by atoms with E-state index < -0.39 is 0 Å². The third-order valence-corrected chi connectivity index (χ3v) is 3.24. The lowest BCUT2D eigenvalue weighted by molar-refractivity contribution is 0.474. The van der Waals surface area contributed by atoms with Crippen molar-refractivity contribution in [3.05, 3.63) is 48.0 Å². The molecular formula is C16H15NO3. The number of hydrogen-bond donors (Lipinski definition) is 3. The van der Waals surface area contributed by atoms with E-state index in [9.17, 15) is 10.2 Å². The Hall–Kier alpha value is -2.46. The van der Waals surface area contributed by atoms with Crippen LogP contribution < -0.4 is 5.73 Å². The highest BCUT2D eigenvalue weighted by Crippen LogP contribution is 2.33. The Labute approximate surface area is 116 Å². The average Bonchev–Trinajstić information content (AvgIpc) is 2.83. The van der Waals surface area contributed by atoms with Crippen LogP contribution >= 0.6 is 0 Å². The van der Waals surface area contributed by atoms with E-state index in [2.05, 4.69) is 0 Å². The summed E-state index contributed by atoms with van der Waals surface area (Å²) < 4.78 is 5.88. The highest BCUT2D eigenvalue weighted by atomic mass is 16.3. The van der Waals surface area contributed by atoms with E-state index in [0.29, 0.717) is 18.7 Å². The first-order valence-electron chi connectivity index (χ1n) is 6.42. The van der Waals surface area contributed by atoms with Gasteiger partial charge in [-0.3, -0.25) is 0 Å². The summed E-state index contributed by atoms with van der Waals surface area (Å²) in [4.78, 5) is 0. The molecule has 4 nitrogen and oxygen atoms in total. The van der Waals surface area contributed by atoms with Gasteiger partial charge in [0.05, 0.1) is 0 Å². The van der Waals surface area contributed by atoms with Crippen LogP contribution in [0.3, 0.4) is 0 Å². The number of hydrogen-bond acceptors (Lipinski definition) is 4. The van der Waals surface area contributed by atoms with Crippen LogP contribution in [0.2, 0.25) is 0 Å². The Bertz CT molecular complexity index is 744. The third kappa shape index (κ3) is 2.21. The molecule has 4 heteroatoms. The standard InChI is InChI=1S/C16H15NO3/c17-6-5-11-7-14(19)8-12-9-15(20-16(11)12)10-1-3-13(18)4-2-10/h1-4,7-9,18-19H,5-6,17H2. The molecule has 0 atom stereocenters. The van der Waals surface area contributed by atoms with E-state index in [4.69, 9.17) is 10.2 Å². The van der Waals surface area contributed by atoms with Crippen molar-refractivity contribution in [1.82, 2.24) is 0 Å². The van der Waals surface area contributed by atoms with E-state index >= 15 is 0 Å². The van der Waals surface area contributed by atoms with Gasteiger partial charge in [-0.05, 0) is 55.4 Å². The summed E-state index contributed by atoms with van der Waals surface area (Å²) in [5.41, 5.74) is 8.10. The van der Waals surface area contributed by atoms with E-state index in [1.807, 2.05) is 6.07 Å². The van der Waals surface area contributed by atoms with Crippen LogP contribution in [0.25, 0.3) is 22.3 Å². The lowest BCUT2D eigenvalue weighted by atomic mass is 10.1. The van der Waals surface area contributed by atoms with Gasteiger partial charge >= 0.3 is 0 Å². The van der Waals surface area contributed by atoms with Crippen molar-refractivity contribution in [2.75, 3.05) is 6.54 Å². The normalized spacial score (nSPS) is 11.1. The summed E-state index contributed by atoms with van der Waals surface area (Å²) in [6.45, 7) is 0.494. The van der Waals surface area contributed by atoms with Crippen molar-refractivity contribution in [2.45, 2.75) is 6.42 Å². The van der Waals surface area contributed by atoms with Gasteiger partial charge in [-0.1, -0.05) is 0 Å². The molecule has 0 aliphatic rings. The molecule has 1 heterocycles. The van der Waals surface area contributed by atoms with Crippen LogP contribution in [-0.4, -0.2) is 16.8 Å². The lowest BCUT2D eigenvalue weighted by Gasteiger charge is -2.01. The summed E-state index contributed by atoms with van der Waals surface area (Å²) in [5, 5.41) is 19.9. The smallest absolute Gasteiger partial charge is 0.138 e. The molecule has 0 aliphatic heterocycles. The zero-order chi connectivity index (χ0) is 14.1. The first-order chi connectivity index (χ1) is 9.67. The highest BCUT2D eigenvalue weighted by molar-refractivity contribution is 5.86. The average molecular weight is 269 g/mol. The molecule has 0 unspecified atom stereocenters.